The van der Waals surface area contributed by atoms with Gasteiger partial charge in [-0.3, -0.25) is 0 Å². The molecule has 1 aliphatic rings. The number of aromatic nitrogens is 3. The Morgan fingerprint density at radius 3 is 2.89 bits per heavy atom. The first-order valence-electron chi connectivity index (χ1n) is 7.48. The van der Waals surface area contributed by atoms with Crippen molar-refractivity contribution in [1.29, 1.82) is 0 Å². The van der Waals surface area contributed by atoms with Crippen molar-refractivity contribution in [3.8, 4) is 0 Å². The number of thioether (sulfide) groups is 1. The zero-order valence-electron chi connectivity index (χ0n) is 12.3. The molecule has 0 amide bonds. The van der Waals surface area contributed by atoms with Crippen molar-refractivity contribution >= 4 is 11.8 Å². The summed E-state index contributed by atoms with van der Waals surface area (Å²) in [6.45, 7) is 5.67. The predicted molar refractivity (Wildman–Crippen MR) is 80.4 cm³/mol. The predicted octanol–water partition coefficient (Wildman–Crippen LogP) is 2.85. The minimum absolute atomic E-state index is 0.629. The van der Waals surface area contributed by atoms with Gasteiger partial charge in [-0.05, 0) is 38.1 Å². The Morgan fingerprint density at radius 2 is 2.26 bits per heavy atom. The second kappa shape index (κ2) is 7.29. The maximum Gasteiger partial charge on any atom is 0.191 e. The second-order valence-corrected chi connectivity index (χ2v) is 6.74. The first-order valence-corrected chi connectivity index (χ1v) is 8.36. The highest BCUT2D eigenvalue weighted by atomic mass is 32.2. The van der Waals surface area contributed by atoms with Gasteiger partial charge in [-0.25, -0.2) is 0 Å². The molecular formula is C14H26N4S. The van der Waals surface area contributed by atoms with Crippen LogP contribution in [0.5, 0.6) is 0 Å². The highest BCUT2D eigenvalue weighted by molar-refractivity contribution is 7.99. The van der Waals surface area contributed by atoms with Crippen molar-refractivity contribution in [2.45, 2.75) is 62.4 Å². The van der Waals surface area contributed by atoms with Crippen LogP contribution in [0.1, 0.15) is 46.0 Å². The van der Waals surface area contributed by atoms with E-state index in [1.54, 1.807) is 6.33 Å². The van der Waals surface area contributed by atoms with E-state index in [2.05, 4.69) is 29.4 Å². The van der Waals surface area contributed by atoms with Crippen molar-refractivity contribution in [1.82, 2.24) is 20.1 Å². The summed E-state index contributed by atoms with van der Waals surface area (Å²) in [5, 5.41) is 13.6. The molecule has 1 aromatic rings. The van der Waals surface area contributed by atoms with Gasteiger partial charge in [-0.15, -0.1) is 10.2 Å². The molecule has 1 aromatic heterocycles. The fourth-order valence-corrected chi connectivity index (χ4v) is 4.13. The zero-order valence-corrected chi connectivity index (χ0v) is 13.1. The number of hydrogen-bond donors (Lipinski definition) is 1. The molecule has 5 heteroatoms. The van der Waals surface area contributed by atoms with E-state index in [0.717, 1.165) is 17.6 Å². The summed E-state index contributed by atoms with van der Waals surface area (Å²) in [6.07, 6.45) is 8.26. The molecule has 3 atom stereocenters. The summed E-state index contributed by atoms with van der Waals surface area (Å²) in [4.78, 5) is 0. The van der Waals surface area contributed by atoms with Crippen LogP contribution in [0.25, 0.3) is 0 Å². The van der Waals surface area contributed by atoms with Gasteiger partial charge in [0.25, 0.3) is 0 Å². The number of nitrogens with zero attached hydrogens (tertiary/aromatic N) is 3. The van der Waals surface area contributed by atoms with Gasteiger partial charge in [0.2, 0.25) is 0 Å². The highest BCUT2D eigenvalue weighted by Crippen LogP contribution is 2.36. The van der Waals surface area contributed by atoms with Crippen LogP contribution in [-0.4, -0.2) is 32.6 Å². The molecule has 19 heavy (non-hydrogen) atoms. The number of hydrogen-bond acceptors (Lipinski definition) is 4. The largest absolute Gasteiger partial charge is 0.313 e. The quantitative estimate of drug-likeness (QED) is 0.871. The van der Waals surface area contributed by atoms with Crippen LogP contribution < -0.4 is 5.32 Å². The Labute approximate surface area is 120 Å². The molecule has 3 unspecified atom stereocenters. The smallest absolute Gasteiger partial charge is 0.191 e. The summed E-state index contributed by atoms with van der Waals surface area (Å²) in [5.41, 5.74) is 0. The molecular weight excluding hydrogens is 256 g/mol. The third-order valence-electron chi connectivity index (χ3n) is 4.06. The molecule has 2 rings (SSSR count). The molecule has 0 aromatic carbocycles. The Hall–Kier alpha value is -0.550. The zero-order chi connectivity index (χ0) is 13.7. The fraction of sp³-hybridized carbons (Fsp3) is 0.857. The van der Waals surface area contributed by atoms with Crippen molar-refractivity contribution in [3.05, 3.63) is 6.33 Å². The normalized spacial score (nSPS) is 27.6. The van der Waals surface area contributed by atoms with Gasteiger partial charge < -0.3 is 9.88 Å². The lowest BCUT2D eigenvalue weighted by Gasteiger charge is -2.35. The molecule has 1 fully saturated rings. The van der Waals surface area contributed by atoms with E-state index < -0.39 is 0 Å². The summed E-state index contributed by atoms with van der Waals surface area (Å²) in [6, 6.07) is 0.629. The minimum Gasteiger partial charge on any atom is -0.313 e. The summed E-state index contributed by atoms with van der Waals surface area (Å²) >= 11 is 1.90. The fourth-order valence-electron chi connectivity index (χ4n) is 2.79. The number of nitrogens with one attached hydrogen (secondary N) is 1. The van der Waals surface area contributed by atoms with Crippen LogP contribution >= 0.6 is 11.8 Å². The van der Waals surface area contributed by atoms with E-state index in [0.29, 0.717) is 11.3 Å². The SMILES string of the molecule is CCCNC1CCC(CC)CC1Sc1nncn1C. The van der Waals surface area contributed by atoms with E-state index in [-0.39, 0.29) is 0 Å². The van der Waals surface area contributed by atoms with Crippen molar-refractivity contribution in [2.75, 3.05) is 6.54 Å². The Morgan fingerprint density at radius 1 is 1.42 bits per heavy atom. The molecule has 0 bridgehead atoms. The van der Waals surface area contributed by atoms with Gasteiger partial charge in [0.05, 0.1) is 0 Å². The van der Waals surface area contributed by atoms with Gasteiger partial charge in [0.15, 0.2) is 5.16 Å². The Bertz CT molecular complexity index is 379. The van der Waals surface area contributed by atoms with Crippen molar-refractivity contribution in [3.63, 3.8) is 0 Å². The molecule has 108 valence electrons. The molecule has 4 nitrogen and oxygen atoms in total. The standard InChI is InChI=1S/C14H26N4S/c1-4-8-15-12-7-6-11(5-2)9-13(12)19-14-17-16-10-18(14)3/h10-13,15H,4-9H2,1-3H3. The van der Waals surface area contributed by atoms with Crippen molar-refractivity contribution < 1.29 is 0 Å². The highest BCUT2D eigenvalue weighted by Gasteiger charge is 2.31. The van der Waals surface area contributed by atoms with Crippen LogP contribution in [0.15, 0.2) is 11.5 Å². The number of aryl methyl sites for hydroxylation is 1. The van der Waals surface area contributed by atoms with Gasteiger partial charge in [0, 0.05) is 18.3 Å². The lowest BCUT2D eigenvalue weighted by Crippen LogP contribution is -2.43. The van der Waals surface area contributed by atoms with Crippen LogP contribution in [0.3, 0.4) is 0 Å². The average molecular weight is 282 g/mol. The lowest BCUT2D eigenvalue weighted by atomic mass is 9.84. The molecule has 0 saturated heterocycles. The molecule has 1 aliphatic carbocycles. The summed E-state index contributed by atoms with van der Waals surface area (Å²) in [7, 11) is 2.02. The second-order valence-electron chi connectivity index (χ2n) is 5.53. The first-order chi connectivity index (χ1) is 9.24. The molecule has 1 heterocycles. The lowest BCUT2D eigenvalue weighted by molar-refractivity contribution is 0.295. The van der Waals surface area contributed by atoms with Gasteiger partial charge in [-0.2, -0.15) is 0 Å². The average Bonchev–Trinajstić information content (AvgIpc) is 2.83. The van der Waals surface area contributed by atoms with Gasteiger partial charge >= 0.3 is 0 Å². The van der Waals surface area contributed by atoms with Crippen LogP contribution in [0, 0.1) is 5.92 Å². The topological polar surface area (TPSA) is 42.7 Å². The van der Waals surface area contributed by atoms with E-state index in [1.165, 1.54) is 32.1 Å². The van der Waals surface area contributed by atoms with Gasteiger partial charge in [-0.1, -0.05) is 32.0 Å². The monoisotopic (exact) mass is 282 g/mol. The molecule has 0 radical (unpaired) electrons. The van der Waals surface area contributed by atoms with Crippen LogP contribution in [0.2, 0.25) is 0 Å². The van der Waals surface area contributed by atoms with E-state index >= 15 is 0 Å². The van der Waals surface area contributed by atoms with Crippen LogP contribution in [0.4, 0.5) is 0 Å². The number of rotatable bonds is 6. The Balaban J connectivity index is 2.00. The van der Waals surface area contributed by atoms with Crippen LogP contribution in [-0.2, 0) is 7.05 Å². The van der Waals surface area contributed by atoms with Gasteiger partial charge in [0.1, 0.15) is 6.33 Å². The maximum atomic E-state index is 4.22. The molecule has 0 spiro atoms. The summed E-state index contributed by atoms with van der Waals surface area (Å²) < 4.78 is 2.02. The molecule has 0 aliphatic heterocycles. The van der Waals surface area contributed by atoms with E-state index in [9.17, 15) is 0 Å². The third kappa shape index (κ3) is 3.96. The van der Waals surface area contributed by atoms with Crippen molar-refractivity contribution in [2.24, 2.45) is 13.0 Å². The van der Waals surface area contributed by atoms with E-state index in [4.69, 9.17) is 0 Å². The molecule has 1 N–H and O–H groups in total. The molecule has 1 saturated carbocycles. The van der Waals surface area contributed by atoms with E-state index in [1.807, 2.05) is 23.4 Å². The minimum atomic E-state index is 0.629. The first kappa shape index (κ1) is 14.9. The maximum absolute atomic E-state index is 4.22. The Kier molecular flexibility index (Phi) is 5.70. The summed E-state index contributed by atoms with van der Waals surface area (Å²) in [5.74, 6) is 0.880. The third-order valence-corrected chi connectivity index (χ3v) is 5.47.